The zero-order valence-electron chi connectivity index (χ0n) is 7.20. The zero-order valence-corrected chi connectivity index (χ0v) is 7.20. The average Bonchev–Trinajstić information content (AvgIpc) is 2.16. The Labute approximate surface area is 71.9 Å². The van der Waals surface area contributed by atoms with Gasteiger partial charge in [-0.1, -0.05) is 6.08 Å². The van der Waals surface area contributed by atoms with Gasteiger partial charge in [-0.05, 0) is 12.5 Å². The third kappa shape index (κ3) is 1.66. The largest absolute Gasteiger partial charge is 0.496 e. The van der Waals surface area contributed by atoms with Crippen LogP contribution in [0.4, 0.5) is 0 Å². The van der Waals surface area contributed by atoms with Crippen LogP contribution in [0.25, 0.3) is 0 Å². The van der Waals surface area contributed by atoms with E-state index in [-0.39, 0.29) is 6.10 Å². The maximum Gasteiger partial charge on any atom is 0.134 e. The van der Waals surface area contributed by atoms with Crippen LogP contribution in [0.15, 0.2) is 23.5 Å². The number of hydrogen-bond donors (Lipinski definition) is 0. The van der Waals surface area contributed by atoms with E-state index >= 15 is 0 Å². The van der Waals surface area contributed by atoms with E-state index in [4.69, 9.17) is 14.7 Å². The van der Waals surface area contributed by atoms with E-state index in [2.05, 4.69) is 6.07 Å². The Morgan fingerprint density at radius 2 is 2.33 bits per heavy atom. The lowest BCUT2D eigenvalue weighted by Crippen LogP contribution is -2.12. The highest BCUT2D eigenvalue weighted by Gasteiger charge is 2.14. The Kier molecular flexibility index (Phi) is 2.89. The van der Waals surface area contributed by atoms with Crippen molar-refractivity contribution in [2.24, 2.45) is 0 Å². The molecule has 0 spiro atoms. The Hall–Kier alpha value is -1.27. The Morgan fingerprint density at radius 3 is 2.83 bits per heavy atom. The van der Waals surface area contributed by atoms with E-state index in [9.17, 15) is 0 Å². The van der Waals surface area contributed by atoms with Gasteiger partial charge in [0.15, 0.2) is 0 Å². The lowest BCUT2D eigenvalue weighted by molar-refractivity contribution is 0.136. The van der Waals surface area contributed by atoms with Crippen molar-refractivity contribution in [3.8, 4) is 6.07 Å². The number of allylic oxidation sites excluding steroid dienone is 1. The van der Waals surface area contributed by atoms with E-state index < -0.39 is 0 Å². The van der Waals surface area contributed by atoms with Crippen LogP contribution in [-0.2, 0) is 9.47 Å². The summed E-state index contributed by atoms with van der Waals surface area (Å²) >= 11 is 0. The normalized spacial score (nSPS) is 22.2. The van der Waals surface area contributed by atoms with E-state index in [1.807, 2.05) is 12.2 Å². The number of nitrogens with zero attached hydrogens (tertiary/aromatic N) is 1. The number of nitriles is 1. The minimum atomic E-state index is 0.0389. The molecule has 0 saturated heterocycles. The van der Waals surface area contributed by atoms with Crippen molar-refractivity contribution < 1.29 is 9.47 Å². The van der Waals surface area contributed by atoms with Crippen molar-refractivity contribution >= 4 is 0 Å². The summed E-state index contributed by atoms with van der Waals surface area (Å²) < 4.78 is 10.1. The summed E-state index contributed by atoms with van der Waals surface area (Å²) in [5, 5.41) is 8.67. The summed E-state index contributed by atoms with van der Waals surface area (Å²) in [6.45, 7) is 0. The first-order chi connectivity index (χ1) is 5.81. The van der Waals surface area contributed by atoms with Gasteiger partial charge in [-0.15, -0.1) is 0 Å². The first kappa shape index (κ1) is 8.82. The second-order valence-corrected chi connectivity index (χ2v) is 2.47. The van der Waals surface area contributed by atoms with Crippen molar-refractivity contribution in [1.29, 1.82) is 5.26 Å². The van der Waals surface area contributed by atoms with Gasteiger partial charge >= 0.3 is 0 Å². The number of rotatable bonds is 2. The van der Waals surface area contributed by atoms with Gasteiger partial charge < -0.3 is 9.47 Å². The summed E-state index contributed by atoms with van der Waals surface area (Å²) in [6.07, 6.45) is 4.43. The summed E-state index contributed by atoms with van der Waals surface area (Å²) in [5.41, 5.74) is 0.589. The molecule has 3 heteroatoms. The molecule has 1 rings (SSSR count). The maximum atomic E-state index is 8.67. The van der Waals surface area contributed by atoms with Crippen molar-refractivity contribution in [2.45, 2.75) is 12.5 Å². The number of ether oxygens (including phenoxy) is 2. The molecule has 0 fully saturated rings. The smallest absolute Gasteiger partial charge is 0.134 e. The van der Waals surface area contributed by atoms with Gasteiger partial charge in [0.25, 0.3) is 0 Å². The minimum Gasteiger partial charge on any atom is -0.496 e. The molecule has 1 unspecified atom stereocenters. The third-order valence-corrected chi connectivity index (χ3v) is 1.80. The van der Waals surface area contributed by atoms with Crippen LogP contribution in [-0.4, -0.2) is 20.3 Å². The standard InChI is InChI=1S/C9H11NO2/c1-11-8-4-3-7(6-10)9(5-8)12-2/h3,5,8H,4H2,1-2H3. The second kappa shape index (κ2) is 3.93. The van der Waals surface area contributed by atoms with Crippen LogP contribution in [0.5, 0.6) is 0 Å². The molecule has 64 valence electrons. The van der Waals surface area contributed by atoms with Crippen molar-refractivity contribution in [3.63, 3.8) is 0 Å². The first-order valence-electron chi connectivity index (χ1n) is 3.71. The van der Waals surface area contributed by atoms with E-state index in [0.717, 1.165) is 6.42 Å². The third-order valence-electron chi connectivity index (χ3n) is 1.80. The molecule has 3 nitrogen and oxygen atoms in total. The van der Waals surface area contributed by atoms with E-state index in [1.54, 1.807) is 14.2 Å². The second-order valence-electron chi connectivity index (χ2n) is 2.47. The van der Waals surface area contributed by atoms with Crippen molar-refractivity contribution in [1.82, 2.24) is 0 Å². The number of methoxy groups -OCH3 is 2. The van der Waals surface area contributed by atoms with Gasteiger partial charge in [0.2, 0.25) is 0 Å². The van der Waals surface area contributed by atoms with Crippen molar-refractivity contribution in [3.05, 3.63) is 23.5 Å². The highest BCUT2D eigenvalue weighted by molar-refractivity contribution is 5.41. The lowest BCUT2D eigenvalue weighted by Gasteiger charge is -2.16. The number of hydrogen-bond acceptors (Lipinski definition) is 3. The summed E-state index contributed by atoms with van der Waals surface area (Å²) in [4.78, 5) is 0. The fourth-order valence-corrected chi connectivity index (χ4v) is 1.10. The molecule has 1 aliphatic rings. The SMILES string of the molecule is COC1=CC(OC)CC=C1C#N. The monoisotopic (exact) mass is 165 g/mol. The fraction of sp³-hybridized carbons (Fsp3) is 0.444. The Balaban J connectivity index is 2.80. The molecule has 1 atom stereocenters. The molecule has 1 aliphatic carbocycles. The van der Waals surface area contributed by atoms with E-state index in [0.29, 0.717) is 11.3 Å². The van der Waals surface area contributed by atoms with Gasteiger partial charge in [0.05, 0.1) is 18.8 Å². The molecule has 0 aliphatic heterocycles. The van der Waals surface area contributed by atoms with Crippen LogP contribution in [0.2, 0.25) is 0 Å². The van der Waals surface area contributed by atoms with Crippen LogP contribution < -0.4 is 0 Å². The summed E-state index contributed by atoms with van der Waals surface area (Å²) in [6, 6.07) is 2.06. The molecule has 0 bridgehead atoms. The van der Waals surface area contributed by atoms with Gasteiger partial charge in [0.1, 0.15) is 11.8 Å². The van der Waals surface area contributed by atoms with Crippen molar-refractivity contribution in [2.75, 3.05) is 14.2 Å². The summed E-state index contributed by atoms with van der Waals surface area (Å²) in [7, 11) is 3.19. The molecule has 0 N–H and O–H groups in total. The Bertz CT molecular complexity index is 260. The molecule has 0 aromatic carbocycles. The van der Waals surface area contributed by atoms with Crippen LogP contribution in [0, 0.1) is 11.3 Å². The molecular formula is C9H11NO2. The molecule has 0 heterocycles. The Morgan fingerprint density at radius 1 is 1.58 bits per heavy atom. The van der Waals surface area contributed by atoms with Crippen LogP contribution in [0.3, 0.4) is 0 Å². The van der Waals surface area contributed by atoms with Crippen LogP contribution >= 0.6 is 0 Å². The summed E-state index contributed by atoms with van der Waals surface area (Å²) in [5.74, 6) is 0.607. The highest BCUT2D eigenvalue weighted by Crippen LogP contribution is 2.19. The molecule has 0 radical (unpaired) electrons. The maximum absolute atomic E-state index is 8.67. The average molecular weight is 165 g/mol. The van der Waals surface area contributed by atoms with E-state index in [1.165, 1.54) is 0 Å². The predicted octanol–water partition coefficient (Wildman–Crippen LogP) is 1.39. The molecular weight excluding hydrogens is 154 g/mol. The predicted molar refractivity (Wildman–Crippen MR) is 44.2 cm³/mol. The van der Waals surface area contributed by atoms with Gasteiger partial charge in [-0.3, -0.25) is 0 Å². The van der Waals surface area contributed by atoms with Crippen LogP contribution in [0.1, 0.15) is 6.42 Å². The van der Waals surface area contributed by atoms with Gasteiger partial charge in [-0.25, -0.2) is 0 Å². The molecule has 0 aromatic heterocycles. The molecule has 0 amide bonds. The van der Waals surface area contributed by atoms with Gasteiger partial charge in [-0.2, -0.15) is 5.26 Å². The minimum absolute atomic E-state index is 0.0389. The lowest BCUT2D eigenvalue weighted by atomic mass is 10.0. The zero-order chi connectivity index (χ0) is 8.97. The fourth-order valence-electron chi connectivity index (χ4n) is 1.10. The molecule has 0 saturated carbocycles. The highest BCUT2D eigenvalue weighted by atomic mass is 16.5. The molecule has 0 aromatic rings. The topological polar surface area (TPSA) is 42.2 Å². The molecule has 12 heavy (non-hydrogen) atoms. The quantitative estimate of drug-likeness (QED) is 0.620. The van der Waals surface area contributed by atoms with Gasteiger partial charge in [0, 0.05) is 7.11 Å². The first-order valence-corrected chi connectivity index (χ1v) is 3.71.